The Morgan fingerprint density at radius 2 is 1.86 bits per heavy atom. The van der Waals surface area contributed by atoms with Gasteiger partial charge >= 0.3 is 5.63 Å². The van der Waals surface area contributed by atoms with Crippen molar-refractivity contribution in [3.05, 3.63) is 110 Å². The van der Waals surface area contributed by atoms with E-state index in [1.54, 1.807) is 12.1 Å². The van der Waals surface area contributed by atoms with Gasteiger partial charge in [0.2, 0.25) is 0 Å². The molecule has 3 heterocycles. The van der Waals surface area contributed by atoms with Crippen LogP contribution in [0.3, 0.4) is 0 Å². The molecule has 1 N–H and O–H groups in total. The lowest BCUT2D eigenvalue weighted by Gasteiger charge is -2.26. The zero-order valence-corrected chi connectivity index (χ0v) is 20.1. The number of carbonyl (C=O) groups is 1. The minimum Gasteiger partial charge on any atom is -0.422 e. The first-order valence-corrected chi connectivity index (χ1v) is 12.5. The maximum absolute atomic E-state index is 13.2. The first-order chi connectivity index (χ1) is 17.6. The molecule has 0 bridgehead atoms. The zero-order valence-electron chi connectivity index (χ0n) is 19.3. The molecule has 3 aromatic carbocycles. The number of hydrogen-bond acceptors (Lipinski definition) is 6. The maximum atomic E-state index is 13.2. The highest BCUT2D eigenvalue weighted by Crippen LogP contribution is 2.37. The quantitative estimate of drug-likeness (QED) is 0.258. The van der Waals surface area contributed by atoms with Crippen LogP contribution >= 0.6 is 11.3 Å². The highest BCUT2D eigenvalue weighted by molar-refractivity contribution is 7.16. The second-order valence-corrected chi connectivity index (χ2v) is 9.97. The number of anilines is 1. The van der Waals surface area contributed by atoms with Gasteiger partial charge in [-0.05, 0) is 40.5 Å². The molecule has 2 aromatic heterocycles. The lowest BCUT2D eigenvalue weighted by atomic mass is 10.0. The van der Waals surface area contributed by atoms with E-state index in [2.05, 4.69) is 28.4 Å². The number of nitriles is 1. The Labute approximate surface area is 211 Å². The van der Waals surface area contributed by atoms with E-state index in [0.717, 1.165) is 40.7 Å². The molecule has 0 aliphatic carbocycles. The van der Waals surface area contributed by atoms with Crippen molar-refractivity contribution in [1.29, 1.82) is 5.26 Å². The fourth-order valence-corrected chi connectivity index (χ4v) is 6.08. The SMILES string of the molecule is N#Cc1c(NC(=O)c2cc3c(ccc4ccccc43)oc2=O)sc2c1CCN(Cc1ccccc1)C2. The summed E-state index contributed by atoms with van der Waals surface area (Å²) in [7, 11) is 0. The topological polar surface area (TPSA) is 86.3 Å². The number of thiophene rings is 1. The molecule has 0 saturated heterocycles. The Kier molecular flexibility index (Phi) is 5.61. The molecular weight excluding hydrogens is 470 g/mol. The van der Waals surface area contributed by atoms with Gasteiger partial charge in [0.15, 0.2) is 0 Å². The van der Waals surface area contributed by atoms with Crippen molar-refractivity contribution in [2.45, 2.75) is 19.5 Å². The lowest BCUT2D eigenvalue weighted by Crippen LogP contribution is -2.29. The Morgan fingerprint density at radius 3 is 2.69 bits per heavy atom. The number of benzene rings is 3. The molecule has 0 fully saturated rings. The van der Waals surface area contributed by atoms with Gasteiger partial charge in [0.25, 0.3) is 5.91 Å². The smallest absolute Gasteiger partial charge is 0.349 e. The van der Waals surface area contributed by atoms with Crippen LogP contribution < -0.4 is 10.9 Å². The molecular formula is C29H21N3O3S. The molecule has 6 rings (SSSR count). The number of fused-ring (bicyclic) bond motifs is 4. The second-order valence-electron chi connectivity index (χ2n) is 8.87. The molecule has 7 heteroatoms. The van der Waals surface area contributed by atoms with Crippen molar-refractivity contribution in [3.63, 3.8) is 0 Å². The molecule has 176 valence electrons. The Bertz CT molecular complexity index is 1730. The second kappa shape index (κ2) is 9.08. The number of hydrogen-bond donors (Lipinski definition) is 1. The highest BCUT2D eigenvalue weighted by atomic mass is 32.1. The fraction of sp³-hybridized carbons (Fsp3) is 0.138. The Balaban J connectivity index is 1.30. The number of nitrogens with zero attached hydrogens (tertiary/aromatic N) is 2. The van der Waals surface area contributed by atoms with Gasteiger partial charge in [0.05, 0.1) is 5.56 Å². The molecule has 5 aromatic rings. The largest absolute Gasteiger partial charge is 0.422 e. The number of nitrogens with one attached hydrogen (secondary N) is 1. The summed E-state index contributed by atoms with van der Waals surface area (Å²) in [4.78, 5) is 29.3. The van der Waals surface area contributed by atoms with Crippen molar-refractivity contribution < 1.29 is 9.21 Å². The van der Waals surface area contributed by atoms with Crippen LogP contribution in [-0.4, -0.2) is 17.4 Å². The monoisotopic (exact) mass is 491 g/mol. The molecule has 0 saturated carbocycles. The van der Waals surface area contributed by atoms with Gasteiger partial charge in [-0.1, -0.05) is 60.7 Å². The van der Waals surface area contributed by atoms with E-state index in [1.165, 1.54) is 16.9 Å². The number of carbonyl (C=O) groups excluding carboxylic acids is 1. The molecule has 0 spiro atoms. The Hall–Kier alpha value is -4.25. The first kappa shape index (κ1) is 22.2. The molecule has 6 nitrogen and oxygen atoms in total. The third kappa shape index (κ3) is 3.97. The average Bonchev–Trinajstić information content (AvgIpc) is 3.24. The summed E-state index contributed by atoms with van der Waals surface area (Å²) < 4.78 is 5.48. The maximum Gasteiger partial charge on any atom is 0.349 e. The van der Waals surface area contributed by atoms with E-state index >= 15 is 0 Å². The highest BCUT2D eigenvalue weighted by Gasteiger charge is 2.26. The summed E-state index contributed by atoms with van der Waals surface area (Å²) in [5, 5.41) is 15.8. The van der Waals surface area contributed by atoms with Crippen LogP contribution in [0.15, 0.2) is 82.0 Å². The van der Waals surface area contributed by atoms with Gasteiger partial charge in [-0.15, -0.1) is 11.3 Å². The first-order valence-electron chi connectivity index (χ1n) is 11.7. The summed E-state index contributed by atoms with van der Waals surface area (Å²) in [5.41, 5.74) is 2.35. The number of amides is 1. The van der Waals surface area contributed by atoms with Crippen molar-refractivity contribution in [2.24, 2.45) is 0 Å². The van der Waals surface area contributed by atoms with Crippen molar-refractivity contribution in [3.8, 4) is 6.07 Å². The normalized spacial score (nSPS) is 13.4. The fourth-order valence-electron chi connectivity index (χ4n) is 4.84. The zero-order chi connectivity index (χ0) is 24.6. The van der Waals surface area contributed by atoms with Crippen LogP contribution in [0.2, 0.25) is 0 Å². The summed E-state index contributed by atoms with van der Waals surface area (Å²) in [5.74, 6) is -0.574. The standard InChI is InChI=1S/C29H21N3O3S/c30-15-24-21-12-13-32(16-18-6-2-1-3-7-18)17-26(21)36-28(24)31-27(33)23-14-22-20-9-5-4-8-19(20)10-11-25(22)35-29(23)34/h1-11,14H,12-13,16-17H2,(H,31,33). The summed E-state index contributed by atoms with van der Waals surface area (Å²) >= 11 is 1.41. The van der Waals surface area contributed by atoms with Crippen LogP contribution in [0.4, 0.5) is 5.00 Å². The molecule has 1 aliphatic rings. The van der Waals surface area contributed by atoms with Crippen LogP contribution in [-0.2, 0) is 19.5 Å². The molecule has 0 unspecified atom stereocenters. The summed E-state index contributed by atoms with van der Waals surface area (Å²) in [6, 6.07) is 25.5. The van der Waals surface area contributed by atoms with Crippen LogP contribution in [0.5, 0.6) is 0 Å². The minimum absolute atomic E-state index is 0.0835. The third-order valence-electron chi connectivity index (χ3n) is 6.61. The molecule has 1 amide bonds. The van der Waals surface area contributed by atoms with Crippen molar-refractivity contribution >= 4 is 44.0 Å². The van der Waals surface area contributed by atoms with E-state index in [4.69, 9.17) is 4.42 Å². The summed E-state index contributed by atoms with van der Waals surface area (Å²) in [6.45, 7) is 2.37. The van der Waals surface area contributed by atoms with Gasteiger partial charge in [-0.3, -0.25) is 9.69 Å². The average molecular weight is 492 g/mol. The van der Waals surface area contributed by atoms with Crippen molar-refractivity contribution in [2.75, 3.05) is 11.9 Å². The lowest BCUT2D eigenvalue weighted by molar-refractivity contribution is 0.102. The van der Waals surface area contributed by atoms with Crippen LogP contribution in [0.25, 0.3) is 21.7 Å². The van der Waals surface area contributed by atoms with Crippen LogP contribution in [0, 0.1) is 11.3 Å². The van der Waals surface area contributed by atoms with E-state index in [0.29, 0.717) is 28.1 Å². The third-order valence-corrected chi connectivity index (χ3v) is 7.74. The van der Waals surface area contributed by atoms with E-state index in [1.807, 2.05) is 48.5 Å². The van der Waals surface area contributed by atoms with E-state index < -0.39 is 11.5 Å². The molecule has 0 atom stereocenters. The Morgan fingerprint density at radius 1 is 1.06 bits per heavy atom. The summed E-state index contributed by atoms with van der Waals surface area (Å²) in [6.07, 6.45) is 0.738. The number of rotatable bonds is 4. The van der Waals surface area contributed by atoms with Gasteiger partial charge in [-0.25, -0.2) is 4.79 Å². The molecule has 0 radical (unpaired) electrons. The van der Waals surface area contributed by atoms with Gasteiger partial charge < -0.3 is 9.73 Å². The molecule has 1 aliphatic heterocycles. The minimum atomic E-state index is -0.704. The van der Waals surface area contributed by atoms with Crippen LogP contribution in [0.1, 0.15) is 31.9 Å². The van der Waals surface area contributed by atoms with Gasteiger partial charge in [-0.2, -0.15) is 5.26 Å². The van der Waals surface area contributed by atoms with E-state index in [-0.39, 0.29) is 5.56 Å². The predicted molar refractivity (Wildman–Crippen MR) is 141 cm³/mol. The van der Waals surface area contributed by atoms with E-state index in [9.17, 15) is 14.9 Å². The molecule has 36 heavy (non-hydrogen) atoms. The van der Waals surface area contributed by atoms with Gasteiger partial charge in [0, 0.05) is 29.9 Å². The van der Waals surface area contributed by atoms with Crippen molar-refractivity contribution in [1.82, 2.24) is 4.90 Å². The predicted octanol–water partition coefficient (Wildman–Crippen LogP) is 5.69. The van der Waals surface area contributed by atoms with Gasteiger partial charge in [0.1, 0.15) is 22.2 Å².